The van der Waals surface area contributed by atoms with E-state index in [2.05, 4.69) is 6.92 Å². The third-order valence-corrected chi connectivity index (χ3v) is 19.9. The van der Waals surface area contributed by atoms with Crippen molar-refractivity contribution < 1.29 is 102 Å². The van der Waals surface area contributed by atoms with E-state index < -0.39 is 163 Å². The van der Waals surface area contributed by atoms with Crippen molar-refractivity contribution >= 4 is 5.78 Å². The first-order valence-corrected chi connectivity index (χ1v) is 28.0. The summed E-state index contributed by atoms with van der Waals surface area (Å²) in [5.41, 5.74) is -4.82. The standard InChI is InChI=1S/C55H90O21/c1-25(56)33-18-41(59)55(62)53(33,8)40(58)24-39-52(7)15-14-32(17-31(52)13-16-54(39,55)61)72-42-19-34(57)48(27(3)68-42)73-44-21-36(64-10)50(28(4)69-44)75-46-23-38(66-12)51(30(6)71-46)76-45-22-37(65-11)49(29(5)70-45)74-43-20-35(63-9)47(60)26(2)67-43/h13,26-30,32-51,57-62H,14-24H2,1-12H3. The maximum absolute atomic E-state index is 12.8. The van der Waals surface area contributed by atoms with E-state index in [1.54, 1.807) is 42.3 Å². The normalized spacial score (nSPS) is 53.8. The number of rotatable bonds is 15. The van der Waals surface area contributed by atoms with Gasteiger partial charge in [-0.3, -0.25) is 4.79 Å². The first-order valence-electron chi connectivity index (χ1n) is 28.0. The van der Waals surface area contributed by atoms with Gasteiger partial charge in [-0.15, -0.1) is 0 Å². The fourth-order valence-electron chi connectivity index (χ4n) is 15.5. The third-order valence-electron chi connectivity index (χ3n) is 19.9. The van der Waals surface area contributed by atoms with Crippen molar-refractivity contribution in [2.75, 3.05) is 28.4 Å². The van der Waals surface area contributed by atoms with E-state index >= 15 is 0 Å². The Morgan fingerprint density at radius 2 is 1.00 bits per heavy atom. The van der Waals surface area contributed by atoms with Gasteiger partial charge < -0.3 is 97.0 Å². The van der Waals surface area contributed by atoms with Crippen molar-refractivity contribution in [3.63, 3.8) is 0 Å². The summed E-state index contributed by atoms with van der Waals surface area (Å²) in [5.74, 6) is -1.59. The molecule has 0 aromatic heterocycles. The minimum atomic E-state index is -2.09. The van der Waals surface area contributed by atoms with Crippen molar-refractivity contribution in [2.45, 2.75) is 279 Å². The van der Waals surface area contributed by atoms with Crippen LogP contribution in [0.2, 0.25) is 0 Å². The van der Waals surface area contributed by atoms with E-state index in [0.717, 1.165) is 5.57 Å². The molecule has 5 heterocycles. The molecular weight excluding hydrogens is 997 g/mol. The van der Waals surface area contributed by atoms with Crippen molar-refractivity contribution in [3.8, 4) is 0 Å². The highest BCUT2D eigenvalue weighted by Gasteiger charge is 2.79. The van der Waals surface area contributed by atoms with Crippen LogP contribution in [0.4, 0.5) is 0 Å². The lowest BCUT2D eigenvalue weighted by Gasteiger charge is -2.66. The zero-order chi connectivity index (χ0) is 55.0. The van der Waals surface area contributed by atoms with Gasteiger partial charge in [-0.1, -0.05) is 25.5 Å². The van der Waals surface area contributed by atoms with Crippen molar-refractivity contribution in [1.82, 2.24) is 0 Å². The number of hydrogen-bond acceptors (Lipinski definition) is 21. The van der Waals surface area contributed by atoms with Crippen LogP contribution in [-0.4, -0.2) is 217 Å². The van der Waals surface area contributed by atoms with Crippen LogP contribution in [0.1, 0.15) is 126 Å². The Balaban J connectivity index is 0.748. The van der Waals surface area contributed by atoms with Gasteiger partial charge in [0, 0.05) is 77.8 Å². The lowest BCUT2D eigenvalue weighted by Crippen LogP contribution is -2.78. The second-order valence-corrected chi connectivity index (χ2v) is 24.1. The van der Waals surface area contributed by atoms with E-state index in [0.29, 0.717) is 44.9 Å². The number of hydrogen-bond donors (Lipinski definition) is 6. The fourth-order valence-corrected chi connectivity index (χ4v) is 15.5. The summed E-state index contributed by atoms with van der Waals surface area (Å²) in [6, 6.07) is 0. The predicted octanol–water partition coefficient (Wildman–Crippen LogP) is 2.71. The molecule has 0 bridgehead atoms. The highest BCUT2D eigenvalue weighted by atomic mass is 16.8. The van der Waals surface area contributed by atoms with E-state index in [1.807, 2.05) is 33.8 Å². The van der Waals surface area contributed by atoms with Crippen LogP contribution in [0.5, 0.6) is 0 Å². The van der Waals surface area contributed by atoms with Crippen LogP contribution in [0.25, 0.3) is 0 Å². The SMILES string of the molecule is COC1CC(OC2C(C)OC(OC3C(C)OC(OC4C(C)OC(OC5C(O)CC(OC6CCC7(C)C(=CCC8(O)C7CC(O)C7(C)C(C(C)=O)CC(O)C87O)C6)OC5C)CC4OC)CC3OC)CC2OC)OC(C)C1O. The minimum absolute atomic E-state index is 0.0213. The van der Waals surface area contributed by atoms with Crippen molar-refractivity contribution in [2.24, 2.45) is 22.7 Å². The molecular formula is C55H90O21. The number of Topliss-reactive ketones (excluding diaryl/α,β-unsaturated/α-hetero) is 1. The number of aliphatic hydroxyl groups is 6. The van der Waals surface area contributed by atoms with E-state index in [9.17, 15) is 35.4 Å². The monoisotopic (exact) mass is 1090 g/mol. The molecule has 29 unspecified atom stereocenters. The zero-order valence-electron chi connectivity index (χ0n) is 46.6. The summed E-state index contributed by atoms with van der Waals surface area (Å²) >= 11 is 0. The number of fused-ring (bicyclic) bond motifs is 5. The molecule has 4 aliphatic carbocycles. The van der Waals surface area contributed by atoms with Gasteiger partial charge in [0.25, 0.3) is 0 Å². The average molecular weight is 1090 g/mol. The molecule has 29 atom stereocenters. The van der Waals surface area contributed by atoms with Gasteiger partial charge in [0.2, 0.25) is 0 Å². The molecule has 76 heavy (non-hydrogen) atoms. The first-order chi connectivity index (χ1) is 35.9. The summed E-state index contributed by atoms with van der Waals surface area (Å²) in [7, 11) is 6.43. The number of ketones is 1. The third kappa shape index (κ3) is 10.5. The molecule has 21 nitrogen and oxygen atoms in total. The lowest BCUT2D eigenvalue weighted by atomic mass is 9.42. The maximum Gasteiger partial charge on any atom is 0.161 e. The molecule has 0 radical (unpaired) electrons. The number of carbonyl (C=O) groups excluding carboxylic acids is 1. The molecule has 5 aliphatic heterocycles. The van der Waals surface area contributed by atoms with Gasteiger partial charge in [-0.2, -0.15) is 0 Å². The average Bonchev–Trinajstić information content (AvgIpc) is 3.72. The Morgan fingerprint density at radius 3 is 1.46 bits per heavy atom. The largest absolute Gasteiger partial charge is 0.392 e. The van der Waals surface area contributed by atoms with Gasteiger partial charge in [0.05, 0.1) is 79.4 Å². The van der Waals surface area contributed by atoms with Crippen LogP contribution in [-0.2, 0) is 71.1 Å². The van der Waals surface area contributed by atoms with Crippen LogP contribution in [0, 0.1) is 22.7 Å². The molecule has 0 amide bonds. The zero-order valence-corrected chi connectivity index (χ0v) is 46.6. The smallest absolute Gasteiger partial charge is 0.161 e. The molecule has 436 valence electrons. The summed E-state index contributed by atoms with van der Waals surface area (Å²) < 4.78 is 87.6. The number of methoxy groups -OCH3 is 4. The van der Waals surface area contributed by atoms with Crippen LogP contribution in [0.3, 0.4) is 0 Å². The van der Waals surface area contributed by atoms with Crippen LogP contribution in [0.15, 0.2) is 11.6 Å². The van der Waals surface area contributed by atoms with E-state index in [-0.39, 0.29) is 43.7 Å². The molecule has 6 N–H and O–H groups in total. The molecule has 0 aromatic carbocycles. The highest BCUT2D eigenvalue weighted by molar-refractivity contribution is 5.80. The topological polar surface area (TPSA) is 268 Å². The van der Waals surface area contributed by atoms with E-state index in [1.165, 1.54) is 6.92 Å². The van der Waals surface area contributed by atoms with E-state index in [4.69, 9.17) is 66.3 Å². The summed E-state index contributed by atoms with van der Waals surface area (Å²) in [6.07, 6.45) is -8.69. The second-order valence-electron chi connectivity index (χ2n) is 24.1. The van der Waals surface area contributed by atoms with Crippen LogP contribution >= 0.6 is 0 Å². The molecule has 21 heteroatoms. The second kappa shape index (κ2) is 23.1. The minimum Gasteiger partial charge on any atom is -0.392 e. The quantitative estimate of drug-likeness (QED) is 0.129. The Morgan fingerprint density at radius 1 is 0.566 bits per heavy atom. The maximum atomic E-state index is 12.8. The molecule has 8 fully saturated rings. The van der Waals surface area contributed by atoms with Crippen LogP contribution < -0.4 is 0 Å². The molecule has 3 saturated carbocycles. The molecule has 9 rings (SSSR count). The number of aliphatic hydroxyl groups excluding tert-OH is 4. The van der Waals surface area contributed by atoms with Gasteiger partial charge >= 0.3 is 0 Å². The Kier molecular flexibility index (Phi) is 18.0. The Labute approximate surface area is 447 Å². The molecule has 0 spiro atoms. The first kappa shape index (κ1) is 59.2. The number of ether oxygens (including phenoxy) is 14. The molecule has 0 aromatic rings. The van der Waals surface area contributed by atoms with Crippen molar-refractivity contribution in [3.05, 3.63) is 11.6 Å². The summed E-state index contributed by atoms with van der Waals surface area (Å²) in [5, 5.41) is 70.1. The fraction of sp³-hybridized carbons (Fsp3) is 0.945. The van der Waals surface area contributed by atoms with Gasteiger partial charge in [0.15, 0.2) is 31.5 Å². The number of carbonyl (C=O) groups is 1. The van der Waals surface area contributed by atoms with Crippen molar-refractivity contribution in [1.29, 1.82) is 0 Å². The summed E-state index contributed by atoms with van der Waals surface area (Å²) in [4.78, 5) is 12.8. The highest BCUT2D eigenvalue weighted by Crippen LogP contribution is 2.69. The predicted molar refractivity (Wildman–Crippen MR) is 266 cm³/mol. The lowest BCUT2D eigenvalue weighted by molar-refractivity contribution is -0.351. The molecule has 5 saturated heterocycles. The molecule has 9 aliphatic rings. The summed E-state index contributed by atoms with van der Waals surface area (Å²) in [6.45, 7) is 14.4. The van der Waals surface area contributed by atoms with Gasteiger partial charge in [-0.25, -0.2) is 0 Å². The Hall–Kier alpha value is -1.39. The Bertz CT molecular complexity index is 2000. The van der Waals surface area contributed by atoms with Gasteiger partial charge in [-0.05, 0) is 85.5 Å². The van der Waals surface area contributed by atoms with Gasteiger partial charge in [0.1, 0.15) is 47.5 Å².